The SMILES string of the molecule is O=C(O)N1CCC(n2c(=O)c(=O)[nH]c3ccccc32)C1. The number of rotatable bonds is 1. The molecule has 104 valence electrons. The molecular weight excluding hydrogens is 262 g/mol. The summed E-state index contributed by atoms with van der Waals surface area (Å²) >= 11 is 0. The Morgan fingerprint density at radius 2 is 2.05 bits per heavy atom. The second-order valence-electron chi connectivity index (χ2n) is 4.82. The summed E-state index contributed by atoms with van der Waals surface area (Å²) in [4.78, 5) is 38.6. The van der Waals surface area contributed by atoms with Gasteiger partial charge in [-0.05, 0) is 18.6 Å². The number of hydrogen-bond acceptors (Lipinski definition) is 3. The van der Waals surface area contributed by atoms with E-state index in [1.807, 2.05) is 0 Å². The number of aromatic amines is 1. The van der Waals surface area contributed by atoms with E-state index >= 15 is 0 Å². The van der Waals surface area contributed by atoms with Gasteiger partial charge in [0, 0.05) is 13.1 Å². The summed E-state index contributed by atoms with van der Waals surface area (Å²) in [5.41, 5.74) is -0.126. The molecule has 1 unspecified atom stereocenters. The van der Waals surface area contributed by atoms with Gasteiger partial charge in [0.05, 0.1) is 17.1 Å². The predicted octanol–water partition coefficient (Wildman–Crippen LogP) is 0.615. The van der Waals surface area contributed by atoms with Crippen molar-refractivity contribution >= 4 is 17.1 Å². The summed E-state index contributed by atoms with van der Waals surface area (Å²) in [7, 11) is 0. The van der Waals surface area contributed by atoms with Crippen molar-refractivity contribution in [3.05, 3.63) is 45.0 Å². The summed E-state index contributed by atoms with van der Waals surface area (Å²) in [6.07, 6.45) is -0.477. The van der Waals surface area contributed by atoms with Crippen LogP contribution < -0.4 is 11.1 Å². The van der Waals surface area contributed by atoms with Crippen molar-refractivity contribution in [1.29, 1.82) is 0 Å². The molecule has 0 saturated carbocycles. The quantitative estimate of drug-likeness (QED) is 0.745. The first kappa shape index (κ1) is 12.5. The maximum absolute atomic E-state index is 12.1. The third kappa shape index (κ3) is 1.87. The maximum Gasteiger partial charge on any atom is 0.407 e. The number of benzene rings is 1. The van der Waals surface area contributed by atoms with Crippen LogP contribution in [0.5, 0.6) is 0 Å². The topological polar surface area (TPSA) is 95.4 Å². The van der Waals surface area contributed by atoms with Crippen LogP contribution in [-0.2, 0) is 0 Å². The first-order valence-corrected chi connectivity index (χ1v) is 6.29. The number of para-hydroxylation sites is 2. The zero-order chi connectivity index (χ0) is 14.3. The Bertz CT molecular complexity index is 792. The summed E-state index contributed by atoms with van der Waals surface area (Å²) < 4.78 is 1.41. The number of fused-ring (bicyclic) bond motifs is 1. The number of hydrogen-bond donors (Lipinski definition) is 2. The molecule has 2 heterocycles. The third-order valence-electron chi connectivity index (χ3n) is 3.62. The van der Waals surface area contributed by atoms with E-state index in [2.05, 4.69) is 4.98 Å². The van der Waals surface area contributed by atoms with Crippen molar-refractivity contribution in [2.45, 2.75) is 12.5 Å². The number of aromatic nitrogens is 2. The van der Waals surface area contributed by atoms with Crippen LogP contribution in [0.4, 0.5) is 4.79 Å². The Hall–Kier alpha value is -2.57. The highest BCUT2D eigenvalue weighted by atomic mass is 16.4. The Kier molecular flexibility index (Phi) is 2.81. The zero-order valence-electron chi connectivity index (χ0n) is 10.6. The molecule has 2 N–H and O–H groups in total. The van der Waals surface area contributed by atoms with Crippen LogP contribution in [0.15, 0.2) is 33.9 Å². The number of nitrogens with one attached hydrogen (secondary N) is 1. The van der Waals surface area contributed by atoms with Gasteiger partial charge < -0.3 is 15.0 Å². The van der Waals surface area contributed by atoms with Gasteiger partial charge in [0.15, 0.2) is 0 Å². The summed E-state index contributed by atoms with van der Waals surface area (Å²) in [5.74, 6) is 0. The molecule has 1 aromatic carbocycles. The lowest BCUT2D eigenvalue weighted by atomic mass is 10.2. The average Bonchev–Trinajstić information content (AvgIpc) is 2.90. The lowest BCUT2D eigenvalue weighted by Crippen LogP contribution is -2.39. The molecule has 7 nitrogen and oxygen atoms in total. The molecule has 1 saturated heterocycles. The molecule has 1 aliphatic heterocycles. The van der Waals surface area contributed by atoms with Crippen LogP contribution in [0, 0.1) is 0 Å². The standard InChI is InChI=1S/C13H13N3O4/c17-11-12(18)16(8-5-6-15(7-8)13(19)20)10-4-2-1-3-9(10)14-11/h1-4,8H,5-7H2,(H,14,17)(H,19,20). The molecule has 1 amide bonds. The molecule has 1 aromatic heterocycles. The minimum absolute atomic E-state index is 0.225. The van der Waals surface area contributed by atoms with Crippen molar-refractivity contribution in [3.8, 4) is 0 Å². The van der Waals surface area contributed by atoms with Gasteiger partial charge in [-0.25, -0.2) is 4.79 Å². The van der Waals surface area contributed by atoms with Crippen molar-refractivity contribution in [2.24, 2.45) is 0 Å². The monoisotopic (exact) mass is 275 g/mol. The number of H-pyrrole nitrogens is 1. The van der Waals surface area contributed by atoms with E-state index in [4.69, 9.17) is 5.11 Å². The lowest BCUT2D eigenvalue weighted by molar-refractivity contribution is 0.154. The smallest absolute Gasteiger partial charge is 0.407 e. The Balaban J connectivity index is 2.16. The number of carbonyl (C=O) groups is 1. The van der Waals surface area contributed by atoms with Crippen LogP contribution in [0.2, 0.25) is 0 Å². The first-order chi connectivity index (χ1) is 9.58. The minimum Gasteiger partial charge on any atom is -0.465 e. The fourth-order valence-corrected chi connectivity index (χ4v) is 2.67. The molecule has 1 aliphatic rings. The Morgan fingerprint density at radius 1 is 1.30 bits per heavy atom. The number of nitrogens with zero attached hydrogens (tertiary/aromatic N) is 2. The largest absolute Gasteiger partial charge is 0.465 e. The Morgan fingerprint density at radius 3 is 2.75 bits per heavy atom. The van der Waals surface area contributed by atoms with E-state index in [0.717, 1.165) is 0 Å². The molecule has 20 heavy (non-hydrogen) atoms. The van der Waals surface area contributed by atoms with Crippen molar-refractivity contribution < 1.29 is 9.90 Å². The highest BCUT2D eigenvalue weighted by molar-refractivity contribution is 5.74. The van der Waals surface area contributed by atoms with Crippen LogP contribution in [0.1, 0.15) is 12.5 Å². The molecule has 0 bridgehead atoms. The van der Waals surface area contributed by atoms with Crippen LogP contribution in [0.25, 0.3) is 11.0 Å². The zero-order valence-corrected chi connectivity index (χ0v) is 10.6. The van der Waals surface area contributed by atoms with Gasteiger partial charge in [0.25, 0.3) is 0 Å². The van der Waals surface area contributed by atoms with E-state index in [-0.39, 0.29) is 12.6 Å². The normalized spacial score (nSPS) is 18.6. The van der Waals surface area contributed by atoms with E-state index in [1.165, 1.54) is 9.47 Å². The molecule has 0 aliphatic carbocycles. The van der Waals surface area contributed by atoms with Gasteiger partial charge in [0.1, 0.15) is 0 Å². The van der Waals surface area contributed by atoms with Gasteiger partial charge in [-0.2, -0.15) is 0 Å². The fourth-order valence-electron chi connectivity index (χ4n) is 2.67. The lowest BCUT2D eigenvalue weighted by Gasteiger charge is -2.16. The maximum atomic E-state index is 12.1. The van der Waals surface area contributed by atoms with E-state index in [1.54, 1.807) is 24.3 Å². The van der Waals surface area contributed by atoms with Crippen molar-refractivity contribution in [1.82, 2.24) is 14.5 Å². The van der Waals surface area contributed by atoms with Gasteiger partial charge in [-0.1, -0.05) is 12.1 Å². The highest BCUT2D eigenvalue weighted by Crippen LogP contribution is 2.22. The van der Waals surface area contributed by atoms with Gasteiger partial charge >= 0.3 is 17.2 Å². The number of amides is 1. The van der Waals surface area contributed by atoms with E-state index in [0.29, 0.717) is 24.0 Å². The van der Waals surface area contributed by atoms with E-state index < -0.39 is 17.2 Å². The molecule has 3 rings (SSSR count). The Labute approximate surface area is 113 Å². The summed E-state index contributed by atoms with van der Waals surface area (Å²) in [6, 6.07) is 6.71. The average molecular weight is 275 g/mol. The molecule has 0 radical (unpaired) electrons. The number of likely N-dealkylation sites (tertiary alicyclic amines) is 1. The van der Waals surface area contributed by atoms with Crippen LogP contribution >= 0.6 is 0 Å². The second kappa shape index (κ2) is 4.52. The molecule has 1 atom stereocenters. The predicted molar refractivity (Wildman–Crippen MR) is 72.1 cm³/mol. The van der Waals surface area contributed by atoms with Gasteiger partial charge in [-0.15, -0.1) is 0 Å². The van der Waals surface area contributed by atoms with Crippen LogP contribution in [0.3, 0.4) is 0 Å². The molecular formula is C13H13N3O4. The third-order valence-corrected chi connectivity index (χ3v) is 3.62. The van der Waals surface area contributed by atoms with Gasteiger partial charge in [-0.3, -0.25) is 14.2 Å². The van der Waals surface area contributed by atoms with E-state index in [9.17, 15) is 14.4 Å². The first-order valence-electron chi connectivity index (χ1n) is 6.29. The summed E-state index contributed by atoms with van der Waals surface area (Å²) in [6.45, 7) is 0.594. The molecule has 1 fully saturated rings. The molecule has 0 spiro atoms. The number of carboxylic acid groups (broad SMARTS) is 1. The summed E-state index contributed by atoms with van der Waals surface area (Å²) in [5, 5.41) is 8.99. The van der Waals surface area contributed by atoms with Crippen molar-refractivity contribution in [3.63, 3.8) is 0 Å². The molecule has 2 aromatic rings. The van der Waals surface area contributed by atoms with Gasteiger partial charge in [0.2, 0.25) is 0 Å². The fraction of sp³-hybridized carbons (Fsp3) is 0.308. The molecule has 7 heteroatoms. The van der Waals surface area contributed by atoms with Crippen molar-refractivity contribution in [2.75, 3.05) is 13.1 Å². The second-order valence-corrected chi connectivity index (χ2v) is 4.82. The highest BCUT2D eigenvalue weighted by Gasteiger charge is 2.29. The minimum atomic E-state index is -1.00. The van der Waals surface area contributed by atoms with Crippen LogP contribution in [-0.4, -0.2) is 38.7 Å².